The summed E-state index contributed by atoms with van der Waals surface area (Å²) in [7, 11) is 0. The van der Waals surface area contributed by atoms with E-state index in [1.54, 1.807) is 12.3 Å². The van der Waals surface area contributed by atoms with E-state index < -0.39 is 0 Å². The van der Waals surface area contributed by atoms with Gasteiger partial charge in [0.2, 0.25) is 11.8 Å². The van der Waals surface area contributed by atoms with Gasteiger partial charge in [-0.05, 0) is 32.8 Å². The number of ketones is 1. The van der Waals surface area contributed by atoms with Crippen LogP contribution in [0.25, 0.3) is 5.13 Å². The maximum absolute atomic E-state index is 12.9. The predicted octanol–water partition coefficient (Wildman–Crippen LogP) is 2.68. The molecule has 2 aromatic rings. The van der Waals surface area contributed by atoms with Gasteiger partial charge in [0.05, 0.1) is 18.4 Å². The first-order chi connectivity index (χ1) is 12.5. The van der Waals surface area contributed by atoms with Crippen LogP contribution >= 0.6 is 11.3 Å². The SMILES string of the molecule is Cc1cc(C(=O)CN2C(=O)[C@H]3CC=CC[C@H]3C2=O)c(C)n1-c1nccs1. The first-order valence-electron chi connectivity index (χ1n) is 8.61. The lowest BCUT2D eigenvalue weighted by Gasteiger charge is -2.14. The highest BCUT2D eigenvalue weighted by molar-refractivity contribution is 7.12. The Bertz CT molecular complexity index is 900. The number of aryl methyl sites for hydroxylation is 1. The topological polar surface area (TPSA) is 72.3 Å². The molecule has 0 spiro atoms. The van der Waals surface area contributed by atoms with E-state index in [9.17, 15) is 14.4 Å². The molecule has 1 aliphatic heterocycles. The van der Waals surface area contributed by atoms with Crippen LogP contribution in [-0.4, -0.2) is 38.6 Å². The summed E-state index contributed by atoms with van der Waals surface area (Å²) in [5.41, 5.74) is 2.21. The summed E-state index contributed by atoms with van der Waals surface area (Å²) in [6.07, 6.45) is 6.77. The number of hydrogen-bond acceptors (Lipinski definition) is 5. The molecule has 2 aromatic heterocycles. The van der Waals surface area contributed by atoms with E-state index in [0.29, 0.717) is 18.4 Å². The standard InChI is InChI=1S/C19H19N3O3S/c1-11-9-15(12(2)22(11)19-20-7-8-26-19)16(23)10-21-17(24)13-5-3-4-6-14(13)18(21)25/h3-4,7-9,13-14H,5-6,10H2,1-2H3/t13-,14+. The molecular weight excluding hydrogens is 350 g/mol. The molecule has 3 heterocycles. The average Bonchev–Trinajstić information content (AvgIpc) is 3.31. The second-order valence-corrected chi connectivity index (χ2v) is 7.65. The first-order valence-corrected chi connectivity index (χ1v) is 9.49. The van der Waals surface area contributed by atoms with Crippen molar-refractivity contribution in [1.29, 1.82) is 0 Å². The maximum Gasteiger partial charge on any atom is 0.233 e. The van der Waals surface area contributed by atoms with Gasteiger partial charge in [-0.2, -0.15) is 0 Å². The number of imide groups is 1. The van der Waals surface area contributed by atoms with E-state index in [0.717, 1.165) is 21.4 Å². The summed E-state index contributed by atoms with van der Waals surface area (Å²) in [5, 5.41) is 2.68. The number of fused-ring (bicyclic) bond motifs is 1. The zero-order chi connectivity index (χ0) is 18.4. The Morgan fingerprint density at radius 3 is 2.42 bits per heavy atom. The summed E-state index contributed by atoms with van der Waals surface area (Å²) in [5.74, 6) is -1.25. The van der Waals surface area contributed by atoms with E-state index in [4.69, 9.17) is 0 Å². The molecule has 6 nitrogen and oxygen atoms in total. The molecule has 2 amide bonds. The number of carbonyl (C=O) groups is 3. The second-order valence-electron chi connectivity index (χ2n) is 6.78. The van der Waals surface area contributed by atoms with Crippen molar-refractivity contribution in [2.24, 2.45) is 11.8 Å². The Kier molecular flexibility index (Phi) is 4.11. The molecule has 0 unspecified atom stereocenters. The minimum absolute atomic E-state index is 0.188. The number of allylic oxidation sites excluding steroid dienone is 2. The van der Waals surface area contributed by atoms with Crippen molar-refractivity contribution >= 4 is 28.9 Å². The number of hydrogen-bond donors (Lipinski definition) is 0. The molecule has 4 rings (SSSR count). The lowest BCUT2D eigenvalue weighted by atomic mass is 9.85. The van der Waals surface area contributed by atoms with E-state index in [1.807, 2.05) is 35.9 Å². The molecule has 0 N–H and O–H groups in total. The number of aromatic nitrogens is 2. The fraction of sp³-hybridized carbons (Fsp3) is 0.368. The third-order valence-corrected chi connectivity index (χ3v) is 6.00. The third-order valence-electron chi connectivity index (χ3n) is 5.24. The van der Waals surface area contributed by atoms with Crippen LogP contribution in [0.5, 0.6) is 0 Å². The van der Waals surface area contributed by atoms with Gasteiger partial charge in [0.15, 0.2) is 10.9 Å². The van der Waals surface area contributed by atoms with Gasteiger partial charge in [0.1, 0.15) is 0 Å². The molecule has 0 radical (unpaired) electrons. The fourth-order valence-corrected chi connectivity index (χ4v) is 4.67. The van der Waals surface area contributed by atoms with Crippen LogP contribution < -0.4 is 0 Å². The summed E-state index contributed by atoms with van der Waals surface area (Å²) < 4.78 is 1.93. The number of likely N-dealkylation sites (tertiary alicyclic amines) is 1. The van der Waals surface area contributed by atoms with Crippen molar-refractivity contribution < 1.29 is 14.4 Å². The molecule has 7 heteroatoms. The molecule has 1 fully saturated rings. The fourth-order valence-electron chi connectivity index (χ4n) is 3.92. The Hall–Kier alpha value is -2.54. The molecule has 0 saturated carbocycles. The maximum atomic E-state index is 12.9. The predicted molar refractivity (Wildman–Crippen MR) is 97.3 cm³/mol. The van der Waals surface area contributed by atoms with Crippen LogP contribution in [0.2, 0.25) is 0 Å². The summed E-state index contributed by atoms with van der Waals surface area (Å²) in [6, 6.07) is 1.80. The van der Waals surface area contributed by atoms with Crippen molar-refractivity contribution in [3.8, 4) is 5.13 Å². The molecule has 26 heavy (non-hydrogen) atoms. The van der Waals surface area contributed by atoms with Gasteiger partial charge in [0, 0.05) is 28.5 Å². The number of rotatable bonds is 4. The summed E-state index contributed by atoms with van der Waals surface area (Å²) in [6.45, 7) is 3.59. The van der Waals surface area contributed by atoms with Crippen molar-refractivity contribution in [2.45, 2.75) is 26.7 Å². The number of amides is 2. The van der Waals surface area contributed by atoms with E-state index in [2.05, 4.69) is 4.98 Å². The molecule has 2 aliphatic rings. The number of nitrogens with zero attached hydrogens (tertiary/aromatic N) is 3. The van der Waals surface area contributed by atoms with Gasteiger partial charge < -0.3 is 0 Å². The van der Waals surface area contributed by atoms with Crippen molar-refractivity contribution in [2.75, 3.05) is 6.54 Å². The van der Waals surface area contributed by atoms with Gasteiger partial charge in [0.25, 0.3) is 0 Å². The average molecular weight is 369 g/mol. The van der Waals surface area contributed by atoms with Crippen molar-refractivity contribution in [3.63, 3.8) is 0 Å². The van der Waals surface area contributed by atoms with Gasteiger partial charge in [-0.15, -0.1) is 11.3 Å². The molecule has 1 saturated heterocycles. The normalized spacial score (nSPS) is 22.2. The number of thiazole rings is 1. The molecule has 2 atom stereocenters. The lowest BCUT2D eigenvalue weighted by Crippen LogP contribution is -2.36. The van der Waals surface area contributed by atoms with Crippen LogP contribution in [0, 0.1) is 25.7 Å². The summed E-state index contributed by atoms with van der Waals surface area (Å²) >= 11 is 1.49. The largest absolute Gasteiger partial charge is 0.294 e. The zero-order valence-electron chi connectivity index (χ0n) is 14.6. The van der Waals surface area contributed by atoms with Crippen molar-refractivity contribution in [1.82, 2.24) is 14.5 Å². The highest BCUT2D eigenvalue weighted by Gasteiger charge is 2.47. The first kappa shape index (κ1) is 16.9. The van der Waals surface area contributed by atoms with Gasteiger partial charge in [-0.1, -0.05) is 12.2 Å². The molecule has 134 valence electrons. The molecular formula is C19H19N3O3S. The lowest BCUT2D eigenvalue weighted by molar-refractivity contribution is -0.139. The Balaban J connectivity index is 1.59. The van der Waals surface area contributed by atoms with Crippen LogP contribution in [0.15, 0.2) is 29.8 Å². The third kappa shape index (κ3) is 2.54. The van der Waals surface area contributed by atoms with Gasteiger partial charge in [-0.3, -0.25) is 23.9 Å². The van der Waals surface area contributed by atoms with E-state index >= 15 is 0 Å². The Morgan fingerprint density at radius 2 is 1.85 bits per heavy atom. The monoisotopic (exact) mass is 369 g/mol. The van der Waals surface area contributed by atoms with E-state index in [-0.39, 0.29) is 36.0 Å². The smallest absolute Gasteiger partial charge is 0.233 e. The highest BCUT2D eigenvalue weighted by atomic mass is 32.1. The Morgan fingerprint density at radius 1 is 1.19 bits per heavy atom. The highest BCUT2D eigenvalue weighted by Crippen LogP contribution is 2.35. The minimum Gasteiger partial charge on any atom is -0.294 e. The van der Waals surface area contributed by atoms with Gasteiger partial charge >= 0.3 is 0 Å². The summed E-state index contributed by atoms with van der Waals surface area (Å²) in [4.78, 5) is 43.4. The van der Waals surface area contributed by atoms with Gasteiger partial charge in [-0.25, -0.2) is 4.98 Å². The van der Waals surface area contributed by atoms with E-state index in [1.165, 1.54) is 11.3 Å². The quantitative estimate of drug-likeness (QED) is 0.472. The number of Topliss-reactive ketones (excluding diaryl/α,β-unsaturated/α-hetero) is 1. The number of carbonyl (C=O) groups excluding carboxylic acids is 3. The minimum atomic E-state index is -0.303. The second kappa shape index (κ2) is 6.32. The van der Waals surface area contributed by atoms with Crippen molar-refractivity contribution in [3.05, 3.63) is 46.7 Å². The zero-order valence-corrected chi connectivity index (χ0v) is 15.5. The molecule has 0 bridgehead atoms. The van der Waals surface area contributed by atoms with Crippen LogP contribution in [0.1, 0.15) is 34.6 Å². The molecule has 0 aromatic carbocycles. The van der Waals surface area contributed by atoms with Crippen LogP contribution in [0.4, 0.5) is 0 Å². The Labute approximate surface area is 155 Å². The van der Waals surface area contributed by atoms with Crippen LogP contribution in [0.3, 0.4) is 0 Å². The molecule has 1 aliphatic carbocycles. The van der Waals surface area contributed by atoms with Crippen LogP contribution in [-0.2, 0) is 9.59 Å².